The van der Waals surface area contributed by atoms with E-state index in [2.05, 4.69) is 4.98 Å². The fraction of sp³-hybridized carbons (Fsp3) is 0.438. The molecule has 6 heteroatoms. The Morgan fingerprint density at radius 2 is 2.09 bits per heavy atom. The molecule has 1 aliphatic rings. The molecule has 0 radical (unpaired) electrons. The monoisotopic (exact) mass is 305 g/mol. The lowest BCUT2D eigenvalue weighted by Crippen LogP contribution is -2.51. The number of fused-ring (bicyclic) bond motifs is 1. The minimum atomic E-state index is -1.11. The van der Waals surface area contributed by atoms with Crippen molar-refractivity contribution < 1.29 is 24.8 Å². The second kappa shape index (κ2) is 6.18. The van der Waals surface area contributed by atoms with E-state index in [1.807, 2.05) is 31.2 Å². The Hall–Kier alpha value is -1.73. The zero-order chi connectivity index (χ0) is 15.7. The molecule has 0 amide bonds. The molecule has 0 aliphatic carbocycles. The van der Waals surface area contributed by atoms with Gasteiger partial charge in [-0.15, -0.1) is 0 Å². The molecule has 2 heterocycles. The maximum absolute atomic E-state index is 9.85. The lowest BCUT2D eigenvalue weighted by Gasteiger charge is -2.36. The molecular weight excluding hydrogens is 286 g/mol. The molecule has 3 rings (SSSR count). The van der Waals surface area contributed by atoms with Crippen LogP contribution in [0.1, 0.15) is 12.1 Å². The van der Waals surface area contributed by atoms with Crippen LogP contribution in [0.3, 0.4) is 0 Å². The van der Waals surface area contributed by atoms with Crippen molar-refractivity contribution in [2.24, 2.45) is 0 Å². The number of benzene rings is 1. The van der Waals surface area contributed by atoms with Crippen molar-refractivity contribution in [1.82, 2.24) is 4.98 Å². The van der Waals surface area contributed by atoms with Crippen LogP contribution >= 0.6 is 0 Å². The van der Waals surface area contributed by atoms with Crippen LogP contribution in [0.15, 0.2) is 30.3 Å². The second-order valence-corrected chi connectivity index (χ2v) is 5.48. The zero-order valence-corrected chi connectivity index (χ0v) is 12.2. The SMILES string of the molecule is Cc1ccc2cccc(OC3CC(O)C(O)C(CO)O3)c2n1. The molecule has 118 valence electrons. The van der Waals surface area contributed by atoms with E-state index < -0.39 is 24.6 Å². The van der Waals surface area contributed by atoms with E-state index in [0.29, 0.717) is 11.3 Å². The summed E-state index contributed by atoms with van der Waals surface area (Å²) < 4.78 is 11.3. The zero-order valence-electron chi connectivity index (χ0n) is 12.2. The van der Waals surface area contributed by atoms with Gasteiger partial charge in [0.15, 0.2) is 0 Å². The Balaban J connectivity index is 1.85. The summed E-state index contributed by atoms with van der Waals surface area (Å²) in [6.45, 7) is 1.51. The first-order chi connectivity index (χ1) is 10.6. The second-order valence-electron chi connectivity index (χ2n) is 5.48. The van der Waals surface area contributed by atoms with Crippen molar-refractivity contribution in [2.45, 2.75) is 37.9 Å². The summed E-state index contributed by atoms with van der Waals surface area (Å²) in [4.78, 5) is 4.47. The highest BCUT2D eigenvalue weighted by Gasteiger charge is 2.37. The largest absolute Gasteiger partial charge is 0.463 e. The van der Waals surface area contributed by atoms with Crippen LogP contribution in [0.5, 0.6) is 5.75 Å². The Morgan fingerprint density at radius 1 is 1.27 bits per heavy atom. The van der Waals surface area contributed by atoms with Crippen molar-refractivity contribution in [3.63, 3.8) is 0 Å². The van der Waals surface area contributed by atoms with Gasteiger partial charge in [-0.05, 0) is 19.1 Å². The predicted molar refractivity (Wildman–Crippen MR) is 79.5 cm³/mol. The Bertz CT molecular complexity index is 662. The van der Waals surface area contributed by atoms with Crippen molar-refractivity contribution in [1.29, 1.82) is 0 Å². The highest BCUT2D eigenvalue weighted by molar-refractivity contribution is 5.84. The van der Waals surface area contributed by atoms with Gasteiger partial charge in [-0.25, -0.2) is 4.98 Å². The number of aliphatic hydroxyl groups is 3. The number of aliphatic hydroxyl groups excluding tert-OH is 3. The van der Waals surface area contributed by atoms with Crippen molar-refractivity contribution >= 4 is 10.9 Å². The Labute approximate surface area is 127 Å². The van der Waals surface area contributed by atoms with Crippen LogP contribution in [0.4, 0.5) is 0 Å². The number of aromatic nitrogens is 1. The molecule has 1 saturated heterocycles. The van der Waals surface area contributed by atoms with Gasteiger partial charge in [-0.1, -0.05) is 18.2 Å². The van der Waals surface area contributed by atoms with Crippen LogP contribution in [-0.2, 0) is 4.74 Å². The standard InChI is InChI=1S/C16H19NO5/c1-9-5-6-10-3-2-4-12(15(10)17-9)21-14-7-11(19)16(20)13(8-18)22-14/h2-6,11,13-14,16,18-20H,7-8H2,1H3. The number of ether oxygens (including phenoxy) is 2. The molecule has 22 heavy (non-hydrogen) atoms. The molecule has 0 bridgehead atoms. The van der Waals surface area contributed by atoms with Gasteiger partial charge < -0.3 is 24.8 Å². The molecule has 0 spiro atoms. The van der Waals surface area contributed by atoms with Gasteiger partial charge in [0.05, 0.1) is 12.7 Å². The van der Waals surface area contributed by atoms with Crippen LogP contribution in [0.25, 0.3) is 10.9 Å². The summed E-state index contributed by atoms with van der Waals surface area (Å²) >= 11 is 0. The minimum Gasteiger partial charge on any atom is -0.463 e. The van der Waals surface area contributed by atoms with Gasteiger partial charge in [0.2, 0.25) is 6.29 Å². The van der Waals surface area contributed by atoms with Crippen LogP contribution in [-0.4, -0.2) is 51.5 Å². The third-order valence-corrected chi connectivity index (χ3v) is 3.80. The first kappa shape index (κ1) is 15.2. The Kier molecular flexibility index (Phi) is 4.26. The number of hydrogen-bond donors (Lipinski definition) is 3. The third kappa shape index (κ3) is 2.91. The number of aryl methyl sites for hydroxylation is 1. The molecule has 2 aromatic rings. The van der Waals surface area contributed by atoms with E-state index in [-0.39, 0.29) is 13.0 Å². The van der Waals surface area contributed by atoms with E-state index in [1.54, 1.807) is 6.07 Å². The first-order valence-electron chi connectivity index (χ1n) is 7.24. The van der Waals surface area contributed by atoms with E-state index in [9.17, 15) is 15.3 Å². The number of pyridine rings is 1. The van der Waals surface area contributed by atoms with E-state index >= 15 is 0 Å². The quantitative estimate of drug-likeness (QED) is 0.775. The fourth-order valence-electron chi connectivity index (χ4n) is 2.60. The number of para-hydroxylation sites is 1. The molecular formula is C16H19NO5. The van der Waals surface area contributed by atoms with Crippen LogP contribution in [0.2, 0.25) is 0 Å². The van der Waals surface area contributed by atoms with Gasteiger partial charge in [0.25, 0.3) is 0 Å². The highest BCUT2D eigenvalue weighted by atomic mass is 16.7. The predicted octanol–water partition coefficient (Wildman–Crippen LogP) is 0.751. The highest BCUT2D eigenvalue weighted by Crippen LogP contribution is 2.28. The first-order valence-corrected chi connectivity index (χ1v) is 7.24. The maximum Gasteiger partial charge on any atom is 0.203 e. The van der Waals surface area contributed by atoms with Gasteiger partial charge in [0.1, 0.15) is 23.5 Å². The number of nitrogens with zero attached hydrogens (tertiary/aromatic N) is 1. The lowest BCUT2D eigenvalue weighted by molar-refractivity contribution is -0.229. The van der Waals surface area contributed by atoms with Crippen LogP contribution in [0, 0.1) is 6.92 Å². The number of hydrogen-bond acceptors (Lipinski definition) is 6. The molecule has 1 aliphatic heterocycles. The van der Waals surface area contributed by atoms with Crippen molar-refractivity contribution in [2.75, 3.05) is 6.61 Å². The summed E-state index contributed by atoms with van der Waals surface area (Å²) in [5.74, 6) is 0.548. The number of rotatable bonds is 3. The summed E-state index contributed by atoms with van der Waals surface area (Å²) in [5.41, 5.74) is 1.59. The molecule has 1 fully saturated rings. The van der Waals surface area contributed by atoms with Gasteiger partial charge in [-0.3, -0.25) is 0 Å². The summed E-state index contributed by atoms with van der Waals surface area (Å²) in [5, 5.41) is 29.7. The molecule has 6 nitrogen and oxygen atoms in total. The van der Waals surface area contributed by atoms with E-state index in [1.165, 1.54) is 0 Å². The van der Waals surface area contributed by atoms with Gasteiger partial charge >= 0.3 is 0 Å². The molecule has 4 atom stereocenters. The summed E-state index contributed by atoms with van der Waals surface area (Å²) in [6, 6.07) is 9.45. The van der Waals surface area contributed by atoms with Crippen LogP contribution < -0.4 is 4.74 Å². The normalized spacial score (nSPS) is 28.7. The lowest BCUT2D eigenvalue weighted by atomic mass is 10.0. The fourth-order valence-corrected chi connectivity index (χ4v) is 2.60. The molecule has 4 unspecified atom stereocenters. The summed E-state index contributed by atoms with van der Waals surface area (Å²) in [7, 11) is 0. The maximum atomic E-state index is 9.85. The topological polar surface area (TPSA) is 92.0 Å². The van der Waals surface area contributed by atoms with Gasteiger partial charge in [-0.2, -0.15) is 0 Å². The average Bonchev–Trinajstić information content (AvgIpc) is 2.51. The third-order valence-electron chi connectivity index (χ3n) is 3.80. The van der Waals surface area contributed by atoms with Crippen molar-refractivity contribution in [3.05, 3.63) is 36.0 Å². The summed E-state index contributed by atoms with van der Waals surface area (Å²) in [6.07, 6.45) is -3.60. The Morgan fingerprint density at radius 3 is 2.86 bits per heavy atom. The van der Waals surface area contributed by atoms with Gasteiger partial charge in [0, 0.05) is 17.5 Å². The molecule has 0 saturated carbocycles. The molecule has 1 aromatic carbocycles. The molecule has 3 N–H and O–H groups in total. The van der Waals surface area contributed by atoms with Crippen molar-refractivity contribution in [3.8, 4) is 5.75 Å². The smallest absolute Gasteiger partial charge is 0.203 e. The molecule has 1 aromatic heterocycles. The van der Waals surface area contributed by atoms with E-state index in [0.717, 1.165) is 11.1 Å². The van der Waals surface area contributed by atoms with E-state index in [4.69, 9.17) is 9.47 Å². The minimum absolute atomic E-state index is 0.125. The average molecular weight is 305 g/mol.